The molecule has 8 nitrogen and oxygen atoms in total. The van der Waals surface area contributed by atoms with Crippen LogP contribution >= 0.6 is 27.5 Å². The summed E-state index contributed by atoms with van der Waals surface area (Å²) in [5.41, 5.74) is 3.56. The van der Waals surface area contributed by atoms with Gasteiger partial charge in [0, 0.05) is 23.7 Å². The van der Waals surface area contributed by atoms with Crippen molar-refractivity contribution < 1.29 is 14.3 Å². The van der Waals surface area contributed by atoms with Crippen LogP contribution in [0.3, 0.4) is 0 Å². The Bertz CT molecular complexity index is 1370. The molecule has 1 aromatic carbocycles. The number of ether oxygens (including phenoxy) is 2. The van der Waals surface area contributed by atoms with Crippen molar-refractivity contribution in [3.8, 4) is 11.7 Å². The molecule has 3 aromatic heterocycles. The Kier molecular flexibility index (Phi) is 6.20. The third-order valence-electron chi connectivity index (χ3n) is 4.81. The topological polar surface area (TPSA) is 91.5 Å². The number of carbonyl (C=O) groups is 1. The van der Waals surface area contributed by atoms with Crippen LogP contribution in [0.5, 0.6) is 5.88 Å². The van der Waals surface area contributed by atoms with Gasteiger partial charge in [-0.3, -0.25) is 4.79 Å². The number of halogens is 2. The van der Waals surface area contributed by atoms with E-state index >= 15 is 0 Å². The molecule has 0 saturated heterocycles. The second kappa shape index (κ2) is 9.05. The fraction of sp³-hybridized carbons (Fsp3) is 0.136. The van der Waals surface area contributed by atoms with Gasteiger partial charge in [-0.05, 0) is 65.2 Å². The molecule has 162 valence electrons. The van der Waals surface area contributed by atoms with Crippen LogP contribution in [0, 0.1) is 13.8 Å². The average Bonchev–Trinajstić information content (AvgIpc) is 3.17. The number of carbonyl (C=O) groups excluding carboxylic acids is 1. The van der Waals surface area contributed by atoms with Gasteiger partial charge in [-0.2, -0.15) is 5.10 Å². The van der Waals surface area contributed by atoms with E-state index in [0.717, 1.165) is 22.0 Å². The van der Waals surface area contributed by atoms with Crippen LogP contribution in [0.25, 0.3) is 16.7 Å². The fourth-order valence-electron chi connectivity index (χ4n) is 3.36. The van der Waals surface area contributed by atoms with E-state index in [9.17, 15) is 4.79 Å². The molecule has 0 spiro atoms. The molecular weight excluding hydrogens is 498 g/mol. The molecule has 0 N–H and O–H groups in total. The summed E-state index contributed by atoms with van der Waals surface area (Å²) in [4.78, 5) is 24.8. The van der Waals surface area contributed by atoms with Gasteiger partial charge in [0.1, 0.15) is 10.3 Å². The van der Waals surface area contributed by atoms with E-state index in [1.165, 1.54) is 4.68 Å². The van der Waals surface area contributed by atoms with Gasteiger partial charge in [-0.25, -0.2) is 19.6 Å². The van der Waals surface area contributed by atoms with Crippen LogP contribution in [0.4, 0.5) is 5.69 Å². The van der Waals surface area contributed by atoms with Gasteiger partial charge < -0.3 is 9.47 Å². The first-order valence-corrected chi connectivity index (χ1v) is 10.6. The third-order valence-corrected chi connectivity index (χ3v) is 5.49. The van der Waals surface area contributed by atoms with Crippen LogP contribution in [0.1, 0.15) is 16.8 Å². The number of rotatable bonds is 5. The quantitative estimate of drug-likeness (QED) is 0.209. The lowest BCUT2D eigenvalue weighted by atomic mass is 10.0. The van der Waals surface area contributed by atoms with Crippen molar-refractivity contribution in [3.05, 3.63) is 69.0 Å². The minimum atomic E-state index is 0.0481. The summed E-state index contributed by atoms with van der Waals surface area (Å²) in [6.07, 6.45) is 1.59. The summed E-state index contributed by atoms with van der Waals surface area (Å²) in [6, 6.07) is 10.7. The van der Waals surface area contributed by atoms with Crippen LogP contribution in [-0.2, 0) is 9.53 Å². The van der Waals surface area contributed by atoms with Crippen molar-refractivity contribution in [1.29, 1.82) is 0 Å². The van der Waals surface area contributed by atoms with Crippen molar-refractivity contribution in [2.75, 3.05) is 7.11 Å². The number of aliphatic imine (C=N–C) groups is 1. The van der Waals surface area contributed by atoms with Crippen LogP contribution < -0.4 is 4.74 Å². The Morgan fingerprint density at radius 2 is 2.06 bits per heavy atom. The first kappa shape index (κ1) is 21.9. The lowest BCUT2D eigenvalue weighted by Crippen LogP contribution is -2.14. The summed E-state index contributed by atoms with van der Waals surface area (Å²) < 4.78 is 12.5. The molecule has 0 aliphatic heterocycles. The minimum Gasteiger partial charge on any atom is -0.481 e. The van der Waals surface area contributed by atoms with Gasteiger partial charge in [0.2, 0.25) is 11.8 Å². The van der Waals surface area contributed by atoms with E-state index in [2.05, 4.69) is 31.0 Å². The lowest BCUT2D eigenvalue weighted by molar-refractivity contribution is -0.121. The second-order valence-corrected chi connectivity index (χ2v) is 8.01. The number of aryl methyl sites for hydroxylation is 2. The molecule has 0 unspecified atom stereocenters. The SMILES string of the molecule is COc1ccc2c(C)c(/N=C(\OC=O)c3cc(Br)nn3-c3ncccc3Cl)c(C)cc2n1. The van der Waals surface area contributed by atoms with E-state index in [0.29, 0.717) is 39.2 Å². The highest BCUT2D eigenvalue weighted by molar-refractivity contribution is 9.10. The summed E-state index contributed by atoms with van der Waals surface area (Å²) in [7, 11) is 1.57. The molecule has 3 heterocycles. The summed E-state index contributed by atoms with van der Waals surface area (Å²) in [5, 5.41) is 5.67. The lowest BCUT2D eigenvalue weighted by Gasteiger charge is -2.12. The Labute approximate surface area is 197 Å². The molecule has 0 aliphatic carbocycles. The molecule has 0 saturated carbocycles. The number of fused-ring (bicyclic) bond motifs is 1. The first-order chi connectivity index (χ1) is 15.4. The molecule has 4 aromatic rings. The van der Waals surface area contributed by atoms with E-state index in [1.807, 2.05) is 26.0 Å². The van der Waals surface area contributed by atoms with E-state index in [-0.39, 0.29) is 5.90 Å². The van der Waals surface area contributed by atoms with E-state index in [4.69, 9.17) is 26.1 Å². The molecule has 0 atom stereocenters. The zero-order chi connectivity index (χ0) is 22.8. The Morgan fingerprint density at radius 3 is 2.78 bits per heavy atom. The molecular formula is C22H17BrClN5O3. The van der Waals surface area contributed by atoms with E-state index < -0.39 is 0 Å². The van der Waals surface area contributed by atoms with Crippen molar-refractivity contribution in [2.45, 2.75) is 13.8 Å². The molecule has 0 aliphatic rings. The van der Waals surface area contributed by atoms with Crippen molar-refractivity contribution in [1.82, 2.24) is 19.7 Å². The van der Waals surface area contributed by atoms with Crippen LogP contribution in [0.2, 0.25) is 5.02 Å². The largest absolute Gasteiger partial charge is 0.481 e. The predicted octanol–water partition coefficient (Wildman–Crippen LogP) is 5.11. The zero-order valence-corrected chi connectivity index (χ0v) is 19.7. The van der Waals surface area contributed by atoms with Gasteiger partial charge in [0.15, 0.2) is 5.82 Å². The highest BCUT2D eigenvalue weighted by atomic mass is 79.9. The van der Waals surface area contributed by atoms with Crippen LogP contribution in [0.15, 0.2) is 52.2 Å². The van der Waals surface area contributed by atoms with Gasteiger partial charge in [-0.15, -0.1) is 0 Å². The summed E-state index contributed by atoms with van der Waals surface area (Å²) >= 11 is 9.68. The molecule has 4 rings (SSSR count). The number of hydrogen-bond acceptors (Lipinski definition) is 7. The number of methoxy groups -OCH3 is 1. The normalized spacial score (nSPS) is 11.6. The van der Waals surface area contributed by atoms with Gasteiger partial charge >= 0.3 is 0 Å². The molecule has 32 heavy (non-hydrogen) atoms. The number of nitrogens with zero attached hydrogens (tertiary/aromatic N) is 5. The second-order valence-electron chi connectivity index (χ2n) is 6.79. The predicted molar refractivity (Wildman–Crippen MR) is 125 cm³/mol. The Morgan fingerprint density at radius 1 is 1.25 bits per heavy atom. The molecule has 0 bridgehead atoms. The Hall–Kier alpha value is -3.30. The minimum absolute atomic E-state index is 0.0481. The Balaban J connectivity index is 1.92. The van der Waals surface area contributed by atoms with Crippen molar-refractivity contribution in [2.24, 2.45) is 4.99 Å². The van der Waals surface area contributed by atoms with E-state index in [1.54, 1.807) is 37.6 Å². The monoisotopic (exact) mass is 513 g/mol. The third kappa shape index (κ3) is 4.09. The molecule has 0 fully saturated rings. The maximum absolute atomic E-state index is 11.3. The van der Waals surface area contributed by atoms with Crippen molar-refractivity contribution in [3.63, 3.8) is 0 Å². The van der Waals surface area contributed by atoms with Crippen LogP contribution in [-0.4, -0.2) is 39.2 Å². The number of pyridine rings is 2. The van der Waals surface area contributed by atoms with Gasteiger partial charge in [0.05, 0.1) is 23.3 Å². The number of hydrogen-bond donors (Lipinski definition) is 0. The maximum atomic E-state index is 11.3. The zero-order valence-electron chi connectivity index (χ0n) is 17.3. The van der Waals surface area contributed by atoms with Gasteiger partial charge in [0.25, 0.3) is 6.47 Å². The fourth-order valence-corrected chi connectivity index (χ4v) is 3.93. The highest BCUT2D eigenvalue weighted by Crippen LogP contribution is 2.33. The molecule has 10 heteroatoms. The number of aromatic nitrogens is 4. The average molecular weight is 515 g/mol. The van der Waals surface area contributed by atoms with Gasteiger partial charge in [-0.1, -0.05) is 11.6 Å². The molecule has 0 radical (unpaired) electrons. The maximum Gasteiger partial charge on any atom is 0.299 e. The standard InChI is InChI=1S/C22H17BrClN5O3/c1-12-9-16-14(6-7-19(26-16)31-3)13(2)20(12)27-22(32-11-30)17-10-18(23)28-29(17)21-15(24)5-4-8-25-21/h4-11H,1-3H3/b27-22-. The summed E-state index contributed by atoms with van der Waals surface area (Å²) in [5.74, 6) is 0.950. The van der Waals surface area contributed by atoms with Crippen molar-refractivity contribution >= 4 is 56.5 Å². The smallest absolute Gasteiger partial charge is 0.299 e. The summed E-state index contributed by atoms with van der Waals surface area (Å²) in [6.45, 7) is 4.17. The number of benzene rings is 1. The highest BCUT2D eigenvalue weighted by Gasteiger charge is 2.20. The first-order valence-electron chi connectivity index (χ1n) is 9.43. The molecule has 0 amide bonds.